The first-order valence-electron chi connectivity index (χ1n) is 7.71. The van der Waals surface area contributed by atoms with E-state index in [-0.39, 0.29) is 12.6 Å². The van der Waals surface area contributed by atoms with Crippen molar-refractivity contribution in [2.75, 3.05) is 6.61 Å². The lowest BCUT2D eigenvalue weighted by Crippen LogP contribution is -2.42. The van der Waals surface area contributed by atoms with E-state index in [4.69, 9.17) is 0 Å². The van der Waals surface area contributed by atoms with E-state index in [0.29, 0.717) is 12.0 Å². The molecule has 0 bridgehead atoms. The zero-order valence-electron chi connectivity index (χ0n) is 12.0. The molecule has 2 heteroatoms. The maximum atomic E-state index is 9.59. The van der Waals surface area contributed by atoms with Gasteiger partial charge in [-0.1, -0.05) is 56.5 Å². The van der Waals surface area contributed by atoms with Gasteiger partial charge in [-0.15, -0.1) is 0 Å². The summed E-state index contributed by atoms with van der Waals surface area (Å²) in [7, 11) is 0. The second-order valence-electron chi connectivity index (χ2n) is 5.93. The van der Waals surface area contributed by atoms with E-state index >= 15 is 0 Å². The number of nitrogens with one attached hydrogen (secondary N) is 1. The second kappa shape index (κ2) is 7.66. The first-order chi connectivity index (χ1) is 9.29. The van der Waals surface area contributed by atoms with Crippen molar-refractivity contribution in [3.8, 4) is 0 Å². The molecule has 0 radical (unpaired) electrons. The normalized spacial score (nSPS) is 20.1. The van der Waals surface area contributed by atoms with Crippen LogP contribution >= 0.6 is 0 Å². The van der Waals surface area contributed by atoms with Gasteiger partial charge in [-0.05, 0) is 30.7 Å². The van der Waals surface area contributed by atoms with E-state index < -0.39 is 0 Å². The minimum Gasteiger partial charge on any atom is -0.395 e. The van der Waals surface area contributed by atoms with Crippen LogP contribution < -0.4 is 5.32 Å². The Balaban J connectivity index is 1.84. The summed E-state index contributed by atoms with van der Waals surface area (Å²) >= 11 is 0. The molecule has 2 atom stereocenters. The molecule has 2 unspecified atom stereocenters. The molecule has 1 aromatic rings. The van der Waals surface area contributed by atoms with E-state index in [1.54, 1.807) is 0 Å². The molecule has 2 rings (SSSR count). The monoisotopic (exact) mass is 261 g/mol. The molecule has 0 aliphatic heterocycles. The molecule has 0 aromatic heterocycles. The minimum atomic E-state index is 0.235. The lowest BCUT2D eigenvalue weighted by Gasteiger charge is -2.29. The largest absolute Gasteiger partial charge is 0.395 e. The molecular weight excluding hydrogens is 234 g/mol. The zero-order valence-corrected chi connectivity index (χ0v) is 12.0. The van der Waals surface area contributed by atoms with Gasteiger partial charge in [0, 0.05) is 12.1 Å². The number of aliphatic hydroxyl groups excluding tert-OH is 1. The molecule has 19 heavy (non-hydrogen) atoms. The molecule has 1 aliphatic carbocycles. The molecule has 1 aromatic carbocycles. The average Bonchev–Trinajstić information content (AvgIpc) is 2.48. The van der Waals surface area contributed by atoms with E-state index in [9.17, 15) is 5.11 Å². The molecule has 1 fully saturated rings. The maximum absolute atomic E-state index is 9.59. The standard InChI is InChI=1S/C17H27NO/c1-14(15-8-4-2-5-9-15)12-17(13-19)18-16-10-6-3-7-11-16/h2,4-5,8-9,14,16-19H,3,6-7,10-13H2,1H3. The third kappa shape index (κ3) is 4.63. The summed E-state index contributed by atoms with van der Waals surface area (Å²) in [6.45, 7) is 2.49. The van der Waals surface area contributed by atoms with Gasteiger partial charge in [0.25, 0.3) is 0 Å². The van der Waals surface area contributed by atoms with Crippen molar-refractivity contribution in [2.45, 2.75) is 63.5 Å². The number of hydrogen-bond acceptors (Lipinski definition) is 2. The summed E-state index contributed by atoms with van der Waals surface area (Å²) in [5.41, 5.74) is 1.37. The fraction of sp³-hybridized carbons (Fsp3) is 0.647. The van der Waals surface area contributed by atoms with Crippen LogP contribution in [0.5, 0.6) is 0 Å². The van der Waals surface area contributed by atoms with Crippen LogP contribution in [0.1, 0.15) is 56.9 Å². The van der Waals surface area contributed by atoms with Gasteiger partial charge in [-0.2, -0.15) is 0 Å². The van der Waals surface area contributed by atoms with Gasteiger partial charge in [0.2, 0.25) is 0 Å². The van der Waals surface area contributed by atoms with Crippen molar-refractivity contribution in [2.24, 2.45) is 0 Å². The van der Waals surface area contributed by atoms with E-state index in [1.807, 2.05) is 0 Å². The van der Waals surface area contributed by atoms with Gasteiger partial charge >= 0.3 is 0 Å². The van der Waals surface area contributed by atoms with E-state index in [0.717, 1.165) is 6.42 Å². The van der Waals surface area contributed by atoms with Gasteiger partial charge in [0.15, 0.2) is 0 Å². The summed E-state index contributed by atoms with van der Waals surface area (Å²) in [5.74, 6) is 0.495. The van der Waals surface area contributed by atoms with E-state index in [1.165, 1.54) is 37.7 Å². The molecule has 0 amide bonds. The first-order valence-corrected chi connectivity index (χ1v) is 7.71. The van der Waals surface area contributed by atoms with Crippen LogP contribution in [0.3, 0.4) is 0 Å². The number of rotatable bonds is 6. The lowest BCUT2D eigenvalue weighted by atomic mass is 9.91. The Morgan fingerprint density at radius 1 is 1.16 bits per heavy atom. The van der Waals surface area contributed by atoms with Gasteiger partial charge < -0.3 is 10.4 Å². The van der Waals surface area contributed by atoms with Crippen LogP contribution in [0.4, 0.5) is 0 Å². The first kappa shape index (κ1) is 14.5. The predicted octanol–water partition coefficient (Wildman–Crippen LogP) is 3.46. The Hall–Kier alpha value is -0.860. The summed E-state index contributed by atoms with van der Waals surface area (Å²) < 4.78 is 0. The fourth-order valence-electron chi connectivity index (χ4n) is 3.14. The summed E-state index contributed by atoms with van der Waals surface area (Å²) in [5, 5.41) is 13.2. The van der Waals surface area contributed by atoms with Crippen molar-refractivity contribution >= 4 is 0 Å². The predicted molar refractivity (Wildman–Crippen MR) is 80.4 cm³/mol. The molecule has 0 saturated heterocycles. The van der Waals surface area contributed by atoms with Crippen LogP contribution in [0.25, 0.3) is 0 Å². The fourth-order valence-corrected chi connectivity index (χ4v) is 3.14. The van der Waals surface area contributed by atoms with Crippen LogP contribution in [0.15, 0.2) is 30.3 Å². The van der Waals surface area contributed by atoms with Crippen LogP contribution in [-0.4, -0.2) is 23.8 Å². The second-order valence-corrected chi connectivity index (χ2v) is 5.93. The molecule has 2 nitrogen and oxygen atoms in total. The van der Waals surface area contributed by atoms with Gasteiger partial charge in [-0.25, -0.2) is 0 Å². The van der Waals surface area contributed by atoms with Gasteiger partial charge in [0.05, 0.1) is 6.61 Å². The van der Waals surface area contributed by atoms with Crippen LogP contribution in [-0.2, 0) is 0 Å². The third-order valence-corrected chi connectivity index (χ3v) is 4.30. The summed E-state index contributed by atoms with van der Waals surface area (Å²) in [6, 6.07) is 11.5. The highest BCUT2D eigenvalue weighted by atomic mass is 16.3. The molecule has 1 saturated carbocycles. The number of aliphatic hydroxyl groups is 1. The van der Waals surface area contributed by atoms with Crippen molar-refractivity contribution in [3.63, 3.8) is 0 Å². The molecule has 0 heterocycles. The van der Waals surface area contributed by atoms with Crippen LogP contribution in [0.2, 0.25) is 0 Å². The summed E-state index contributed by atoms with van der Waals surface area (Å²) in [4.78, 5) is 0. The molecule has 106 valence electrons. The Labute approximate surface area is 117 Å². The highest BCUT2D eigenvalue weighted by Gasteiger charge is 2.19. The highest BCUT2D eigenvalue weighted by molar-refractivity contribution is 5.18. The average molecular weight is 261 g/mol. The van der Waals surface area contributed by atoms with E-state index in [2.05, 4.69) is 42.6 Å². The van der Waals surface area contributed by atoms with Gasteiger partial charge in [-0.3, -0.25) is 0 Å². The highest BCUT2D eigenvalue weighted by Crippen LogP contribution is 2.22. The molecule has 0 spiro atoms. The SMILES string of the molecule is CC(CC(CO)NC1CCCCC1)c1ccccc1. The lowest BCUT2D eigenvalue weighted by molar-refractivity contribution is 0.207. The minimum absolute atomic E-state index is 0.235. The Morgan fingerprint density at radius 2 is 1.84 bits per heavy atom. The summed E-state index contributed by atoms with van der Waals surface area (Å²) in [6.07, 6.45) is 7.61. The topological polar surface area (TPSA) is 32.3 Å². The van der Waals surface area contributed by atoms with Crippen molar-refractivity contribution < 1.29 is 5.11 Å². The number of hydrogen-bond donors (Lipinski definition) is 2. The smallest absolute Gasteiger partial charge is 0.0584 e. The Morgan fingerprint density at radius 3 is 2.47 bits per heavy atom. The van der Waals surface area contributed by atoms with Crippen molar-refractivity contribution in [1.82, 2.24) is 5.32 Å². The Bertz CT molecular complexity index is 346. The zero-order chi connectivity index (χ0) is 13.5. The van der Waals surface area contributed by atoms with Crippen molar-refractivity contribution in [1.29, 1.82) is 0 Å². The Kier molecular flexibility index (Phi) is 5.87. The molecular formula is C17H27NO. The molecule has 1 aliphatic rings. The van der Waals surface area contributed by atoms with Crippen LogP contribution in [0, 0.1) is 0 Å². The molecule has 2 N–H and O–H groups in total. The quantitative estimate of drug-likeness (QED) is 0.822. The van der Waals surface area contributed by atoms with Gasteiger partial charge in [0.1, 0.15) is 0 Å². The third-order valence-electron chi connectivity index (χ3n) is 4.30. The number of benzene rings is 1. The maximum Gasteiger partial charge on any atom is 0.0584 e. The van der Waals surface area contributed by atoms with Crippen molar-refractivity contribution in [3.05, 3.63) is 35.9 Å².